The molecule has 0 saturated heterocycles. The number of hydrogen-bond acceptors (Lipinski definition) is 6. The molecule has 6 nitrogen and oxygen atoms in total. The molecule has 0 aliphatic carbocycles. The van der Waals surface area contributed by atoms with Gasteiger partial charge in [-0.05, 0) is 81.8 Å². The number of thioether (sulfide) groups is 1. The fourth-order valence-electron chi connectivity index (χ4n) is 2.84. The Bertz CT molecular complexity index is 1360. The summed E-state index contributed by atoms with van der Waals surface area (Å²) in [7, 11) is 0. The highest BCUT2D eigenvalue weighted by Gasteiger charge is 2.16. The first-order valence-electron chi connectivity index (χ1n) is 9.77. The highest BCUT2D eigenvalue weighted by molar-refractivity contribution is 9.10. The molecule has 34 heavy (non-hydrogen) atoms. The Morgan fingerprint density at radius 2 is 1.91 bits per heavy atom. The summed E-state index contributed by atoms with van der Waals surface area (Å²) in [6.45, 7) is 0.0593. The number of nitrogens with zero attached hydrogens (tertiary/aromatic N) is 2. The number of carboxylic acids is 1. The molecule has 1 heterocycles. The van der Waals surface area contributed by atoms with Gasteiger partial charge in [-0.2, -0.15) is 0 Å². The van der Waals surface area contributed by atoms with Gasteiger partial charge in [0, 0.05) is 16.1 Å². The third-order valence-electron chi connectivity index (χ3n) is 4.50. The minimum absolute atomic E-state index is 0.0155. The molecule has 172 valence electrons. The van der Waals surface area contributed by atoms with Crippen LogP contribution in [0.1, 0.15) is 11.1 Å². The first-order valence-corrected chi connectivity index (χ1v) is 11.8. The average Bonchev–Trinajstić information content (AvgIpc) is 3.28. The molecule has 0 unspecified atom stereocenters. The minimum atomic E-state index is -1.15. The van der Waals surface area contributed by atoms with Gasteiger partial charge in [-0.25, -0.2) is 9.18 Å². The number of benzene rings is 3. The van der Waals surface area contributed by atoms with Crippen LogP contribution in [0.2, 0.25) is 5.02 Å². The zero-order valence-electron chi connectivity index (χ0n) is 17.2. The third kappa shape index (κ3) is 6.05. The molecule has 1 N–H and O–H groups in total. The molecule has 0 bridgehead atoms. The van der Waals surface area contributed by atoms with Crippen molar-refractivity contribution in [3.63, 3.8) is 0 Å². The Kier molecular flexibility index (Phi) is 7.66. The molecule has 0 spiro atoms. The fraction of sp³-hybridized carbons (Fsp3) is 0.0417. The minimum Gasteiger partial charge on any atom is -0.488 e. The van der Waals surface area contributed by atoms with E-state index in [9.17, 15) is 14.3 Å². The van der Waals surface area contributed by atoms with Gasteiger partial charge >= 0.3 is 5.97 Å². The lowest BCUT2D eigenvalue weighted by Crippen LogP contribution is -1.99. The number of carbonyl (C=O) groups is 1. The van der Waals surface area contributed by atoms with E-state index in [0.717, 1.165) is 11.8 Å². The van der Waals surface area contributed by atoms with Gasteiger partial charge in [0.05, 0.1) is 4.47 Å². The van der Waals surface area contributed by atoms with E-state index >= 15 is 0 Å². The quantitative estimate of drug-likeness (QED) is 0.182. The summed E-state index contributed by atoms with van der Waals surface area (Å²) in [6.07, 6.45) is 1.48. The second kappa shape index (κ2) is 10.9. The van der Waals surface area contributed by atoms with Crippen LogP contribution in [0.15, 0.2) is 85.7 Å². The lowest BCUT2D eigenvalue weighted by atomic mass is 10.2. The summed E-state index contributed by atoms with van der Waals surface area (Å²) < 4.78 is 25.7. The van der Waals surface area contributed by atoms with E-state index in [1.165, 1.54) is 12.1 Å². The molecule has 0 saturated carbocycles. The van der Waals surface area contributed by atoms with Crippen molar-refractivity contribution >= 4 is 51.3 Å². The van der Waals surface area contributed by atoms with Gasteiger partial charge in [0.25, 0.3) is 5.22 Å². The fourth-order valence-corrected chi connectivity index (χ4v) is 4.14. The lowest BCUT2D eigenvalue weighted by Gasteiger charge is -2.10. The second-order valence-corrected chi connectivity index (χ2v) is 9.15. The summed E-state index contributed by atoms with van der Waals surface area (Å²) >= 11 is 10.1. The predicted octanol–water partition coefficient (Wildman–Crippen LogP) is 7.09. The van der Waals surface area contributed by atoms with Crippen LogP contribution >= 0.6 is 39.3 Å². The molecule has 0 amide bonds. The van der Waals surface area contributed by atoms with Gasteiger partial charge in [0.1, 0.15) is 23.1 Å². The standard InChI is InChI=1S/C24H15BrClFN2O4S/c25-18-11-14(5-10-20(18)32-13-16-3-1-2-4-19(16)27)12-21(23(30)31)34-24-29-28-22(33-24)15-6-8-17(26)9-7-15/h1-12H,13H2,(H,30,31)/b21-12-. The van der Waals surface area contributed by atoms with Crippen LogP contribution < -0.4 is 4.74 Å². The molecule has 0 fully saturated rings. The van der Waals surface area contributed by atoms with Crippen LogP contribution in [0.25, 0.3) is 17.5 Å². The smallest absolute Gasteiger partial charge is 0.342 e. The van der Waals surface area contributed by atoms with Crippen molar-refractivity contribution in [3.8, 4) is 17.2 Å². The normalized spacial score (nSPS) is 11.4. The molecule has 0 radical (unpaired) electrons. The summed E-state index contributed by atoms with van der Waals surface area (Å²) in [6, 6.07) is 18.3. The van der Waals surface area contributed by atoms with Gasteiger partial charge < -0.3 is 14.3 Å². The Labute approximate surface area is 211 Å². The maximum Gasteiger partial charge on any atom is 0.342 e. The van der Waals surface area contributed by atoms with E-state index in [1.807, 2.05) is 0 Å². The highest BCUT2D eigenvalue weighted by Crippen LogP contribution is 2.32. The summed E-state index contributed by atoms with van der Waals surface area (Å²) in [4.78, 5) is 11.8. The van der Waals surface area contributed by atoms with Crippen molar-refractivity contribution in [2.75, 3.05) is 0 Å². The maximum atomic E-state index is 13.8. The van der Waals surface area contributed by atoms with Crippen molar-refractivity contribution < 1.29 is 23.4 Å². The Balaban J connectivity index is 1.48. The summed E-state index contributed by atoms with van der Waals surface area (Å²) in [5, 5.41) is 18.2. The van der Waals surface area contributed by atoms with Crippen LogP contribution in [0.4, 0.5) is 4.39 Å². The summed E-state index contributed by atoms with van der Waals surface area (Å²) in [5.74, 6) is -0.744. The van der Waals surface area contributed by atoms with Gasteiger partial charge in [0.2, 0.25) is 5.89 Å². The lowest BCUT2D eigenvalue weighted by molar-refractivity contribution is -0.131. The number of aromatic nitrogens is 2. The first-order chi connectivity index (χ1) is 16.4. The van der Waals surface area contributed by atoms with Gasteiger partial charge in [-0.3, -0.25) is 0 Å². The molecule has 4 rings (SSSR count). The topological polar surface area (TPSA) is 85.5 Å². The molecule has 10 heteroatoms. The van der Waals surface area contributed by atoms with E-state index < -0.39 is 5.97 Å². The van der Waals surface area contributed by atoms with Crippen LogP contribution in [0, 0.1) is 5.82 Å². The number of halogens is 3. The summed E-state index contributed by atoms with van der Waals surface area (Å²) in [5.41, 5.74) is 1.70. The van der Waals surface area contributed by atoms with E-state index in [-0.39, 0.29) is 28.4 Å². The number of hydrogen-bond donors (Lipinski definition) is 1. The third-order valence-corrected chi connectivity index (χ3v) is 6.22. The Morgan fingerprint density at radius 3 is 2.62 bits per heavy atom. The first kappa shape index (κ1) is 24.0. The SMILES string of the molecule is O=C(O)/C(=C/c1ccc(OCc2ccccc2F)c(Br)c1)Sc1nnc(-c2ccc(Cl)cc2)o1. The van der Waals surface area contributed by atoms with E-state index in [2.05, 4.69) is 26.1 Å². The Morgan fingerprint density at radius 1 is 1.15 bits per heavy atom. The molecule has 0 aliphatic heterocycles. The number of carboxylic acid groups (broad SMARTS) is 1. The van der Waals surface area contributed by atoms with E-state index in [0.29, 0.717) is 31.9 Å². The van der Waals surface area contributed by atoms with E-state index in [4.69, 9.17) is 20.8 Å². The largest absolute Gasteiger partial charge is 0.488 e. The van der Waals surface area contributed by atoms with Crippen LogP contribution in [0.3, 0.4) is 0 Å². The van der Waals surface area contributed by atoms with Gasteiger partial charge in [0.15, 0.2) is 0 Å². The Hall–Kier alpha value is -3.14. The van der Waals surface area contributed by atoms with Crippen LogP contribution in [0.5, 0.6) is 5.75 Å². The molecule has 1 aromatic heterocycles. The average molecular weight is 562 g/mol. The van der Waals surface area contributed by atoms with Gasteiger partial charge in [-0.1, -0.05) is 35.9 Å². The zero-order valence-corrected chi connectivity index (χ0v) is 20.4. The second-order valence-electron chi connectivity index (χ2n) is 6.87. The van der Waals surface area contributed by atoms with Crippen LogP contribution in [-0.2, 0) is 11.4 Å². The molecule has 4 aromatic rings. The van der Waals surface area contributed by atoms with Crippen molar-refractivity contribution in [1.82, 2.24) is 10.2 Å². The zero-order chi connectivity index (χ0) is 24.1. The molecule has 0 aliphatic rings. The molecule has 0 atom stereocenters. The molecular formula is C24H15BrClFN2O4S. The monoisotopic (exact) mass is 560 g/mol. The van der Waals surface area contributed by atoms with Crippen LogP contribution in [-0.4, -0.2) is 21.3 Å². The number of ether oxygens (including phenoxy) is 1. The van der Waals surface area contributed by atoms with Crippen molar-refractivity contribution in [2.24, 2.45) is 0 Å². The number of aliphatic carboxylic acids is 1. The number of rotatable bonds is 8. The van der Waals surface area contributed by atoms with Gasteiger partial charge in [-0.15, -0.1) is 10.2 Å². The molecule has 3 aromatic carbocycles. The highest BCUT2D eigenvalue weighted by atomic mass is 79.9. The van der Waals surface area contributed by atoms with Crippen molar-refractivity contribution in [2.45, 2.75) is 11.8 Å². The predicted molar refractivity (Wildman–Crippen MR) is 131 cm³/mol. The van der Waals surface area contributed by atoms with E-state index in [1.54, 1.807) is 60.7 Å². The molecular weight excluding hydrogens is 547 g/mol. The van der Waals surface area contributed by atoms with Crippen molar-refractivity contribution in [3.05, 3.63) is 98.1 Å². The maximum absolute atomic E-state index is 13.8. The van der Waals surface area contributed by atoms with Crippen molar-refractivity contribution in [1.29, 1.82) is 0 Å².